The van der Waals surface area contributed by atoms with E-state index in [-0.39, 0.29) is 23.2 Å². The minimum atomic E-state index is -4.37. The molecular formula is C17H16ClF3N2O2. The van der Waals surface area contributed by atoms with Gasteiger partial charge in [0, 0.05) is 0 Å². The fourth-order valence-corrected chi connectivity index (χ4v) is 2.55. The highest BCUT2D eigenvalue weighted by molar-refractivity contribution is 6.23. The summed E-state index contributed by atoms with van der Waals surface area (Å²) in [6.45, 7) is 0. The molecule has 2 rings (SSSR count). The average molecular weight is 373 g/mol. The first-order valence-corrected chi connectivity index (χ1v) is 7.87. The summed E-state index contributed by atoms with van der Waals surface area (Å²) < 4.78 is 38.7. The lowest BCUT2D eigenvalue weighted by molar-refractivity contribution is -0.160. The minimum absolute atomic E-state index is 0.0870. The van der Waals surface area contributed by atoms with Crippen molar-refractivity contribution in [2.45, 2.75) is 24.4 Å². The molecule has 3 N–H and O–H groups in total. The molecule has 0 radical (unpaired) electrons. The molecular weight excluding hydrogens is 357 g/mol. The summed E-state index contributed by atoms with van der Waals surface area (Å²) >= 11 is 6.05. The first-order chi connectivity index (χ1) is 11.7. The molecule has 4 nitrogen and oxygen atoms in total. The smallest absolute Gasteiger partial charge is 0.395 e. The number of aliphatic carboxylic acids is 1. The number of nitrogens with two attached hydrogens (primary N) is 1. The van der Waals surface area contributed by atoms with E-state index in [9.17, 15) is 18.0 Å². The van der Waals surface area contributed by atoms with Gasteiger partial charge in [-0.25, -0.2) is 9.79 Å². The van der Waals surface area contributed by atoms with Crippen LogP contribution >= 0.6 is 11.6 Å². The standard InChI is InChI=1S/C17H16ClF3N2O2/c18-12-5-1-3-10(7-12)15(9-14(22)16(24)25)23-13-6-2-4-11(8-13)17(19,20)21/h1-3,6-9,11-12H,4-5,22H2,(H,24,25). The first-order valence-electron chi connectivity index (χ1n) is 7.44. The van der Waals surface area contributed by atoms with Crippen molar-refractivity contribution in [2.75, 3.05) is 0 Å². The molecule has 2 aliphatic rings. The first kappa shape index (κ1) is 19.1. The number of hydrogen-bond acceptors (Lipinski definition) is 3. The fourth-order valence-electron chi connectivity index (χ4n) is 2.31. The Balaban J connectivity index is 2.45. The summed E-state index contributed by atoms with van der Waals surface area (Å²) in [5.41, 5.74) is 5.69. The van der Waals surface area contributed by atoms with Crippen LogP contribution in [0.4, 0.5) is 13.2 Å². The van der Waals surface area contributed by atoms with Crippen molar-refractivity contribution in [2.24, 2.45) is 16.6 Å². The van der Waals surface area contributed by atoms with Crippen LogP contribution in [0.15, 0.2) is 64.5 Å². The summed E-state index contributed by atoms with van der Waals surface area (Å²) in [5, 5.41) is 8.63. The van der Waals surface area contributed by atoms with Gasteiger partial charge < -0.3 is 10.8 Å². The second kappa shape index (κ2) is 7.74. The Morgan fingerprint density at radius 3 is 2.56 bits per heavy atom. The summed E-state index contributed by atoms with van der Waals surface area (Å²) in [4.78, 5) is 15.1. The number of carboxylic acids is 1. The molecule has 0 amide bonds. The van der Waals surface area contributed by atoms with Gasteiger partial charge in [0.25, 0.3) is 0 Å². The molecule has 0 spiro atoms. The molecule has 8 heteroatoms. The maximum absolute atomic E-state index is 12.9. The molecule has 0 saturated heterocycles. The van der Waals surface area contributed by atoms with Crippen molar-refractivity contribution in [3.05, 3.63) is 59.5 Å². The van der Waals surface area contributed by atoms with E-state index in [0.717, 1.165) is 12.2 Å². The molecule has 2 atom stereocenters. The van der Waals surface area contributed by atoms with Gasteiger partial charge in [-0.15, -0.1) is 11.6 Å². The third-order valence-corrected chi connectivity index (χ3v) is 3.88. The van der Waals surface area contributed by atoms with E-state index in [2.05, 4.69) is 4.99 Å². The highest BCUT2D eigenvalue weighted by atomic mass is 35.5. The van der Waals surface area contributed by atoms with Crippen LogP contribution in [0, 0.1) is 5.92 Å². The number of rotatable bonds is 4. The van der Waals surface area contributed by atoms with E-state index >= 15 is 0 Å². The van der Waals surface area contributed by atoms with Gasteiger partial charge in [-0.3, -0.25) is 0 Å². The van der Waals surface area contributed by atoms with Crippen molar-refractivity contribution in [3.8, 4) is 0 Å². The number of carbonyl (C=O) groups is 1. The SMILES string of the molecule is NC(=CC(=NC1=CC(C(F)(F)F)CC=C1)C1=CC(Cl)CC=C1)C(=O)O. The number of halogens is 4. The Morgan fingerprint density at radius 2 is 1.96 bits per heavy atom. The maximum Gasteiger partial charge on any atom is 0.395 e. The summed E-state index contributed by atoms with van der Waals surface area (Å²) in [6.07, 6.45) is 6.14. The zero-order valence-corrected chi connectivity index (χ0v) is 13.8. The molecule has 0 aliphatic heterocycles. The van der Waals surface area contributed by atoms with Gasteiger partial charge in [-0.2, -0.15) is 13.2 Å². The Kier molecular flexibility index (Phi) is 5.89. The van der Waals surface area contributed by atoms with Crippen LogP contribution < -0.4 is 5.73 Å². The highest BCUT2D eigenvalue weighted by Gasteiger charge is 2.38. The fraction of sp³-hybridized carbons (Fsp3) is 0.294. The second-order valence-electron chi connectivity index (χ2n) is 5.56. The van der Waals surface area contributed by atoms with Crippen LogP contribution in [0.3, 0.4) is 0 Å². The molecule has 25 heavy (non-hydrogen) atoms. The molecule has 0 aromatic carbocycles. The van der Waals surface area contributed by atoms with Crippen LogP contribution in [0.1, 0.15) is 12.8 Å². The molecule has 0 heterocycles. The Morgan fingerprint density at radius 1 is 1.28 bits per heavy atom. The van der Waals surface area contributed by atoms with E-state index in [0.29, 0.717) is 12.0 Å². The summed E-state index contributed by atoms with van der Waals surface area (Å²) in [7, 11) is 0. The number of nitrogens with zero attached hydrogens (tertiary/aromatic N) is 1. The molecule has 0 aromatic heterocycles. The zero-order chi connectivity index (χ0) is 18.6. The number of hydrogen-bond donors (Lipinski definition) is 2. The van der Waals surface area contributed by atoms with Crippen LogP contribution in [-0.4, -0.2) is 28.3 Å². The van der Waals surface area contributed by atoms with Crippen LogP contribution in [-0.2, 0) is 4.79 Å². The minimum Gasteiger partial charge on any atom is -0.477 e. The Bertz CT molecular complexity index is 731. The largest absolute Gasteiger partial charge is 0.477 e. The molecule has 2 aliphatic carbocycles. The predicted octanol–water partition coefficient (Wildman–Crippen LogP) is 3.87. The van der Waals surface area contributed by atoms with E-state index in [1.807, 2.05) is 0 Å². The van der Waals surface area contributed by atoms with Gasteiger partial charge in [0.1, 0.15) is 5.70 Å². The molecule has 2 unspecified atom stereocenters. The monoisotopic (exact) mass is 372 g/mol. The third kappa shape index (κ3) is 5.35. The Labute approximate surface area is 147 Å². The van der Waals surface area contributed by atoms with E-state index < -0.39 is 23.8 Å². The molecule has 134 valence electrons. The van der Waals surface area contributed by atoms with Gasteiger partial charge in [0.05, 0.1) is 22.7 Å². The van der Waals surface area contributed by atoms with Crippen molar-refractivity contribution in [1.82, 2.24) is 0 Å². The molecule has 0 bridgehead atoms. The third-order valence-electron chi connectivity index (χ3n) is 3.57. The summed E-state index contributed by atoms with van der Waals surface area (Å²) in [5.74, 6) is -2.98. The molecule has 0 saturated carbocycles. The Hall–Kier alpha value is -2.28. The van der Waals surface area contributed by atoms with E-state index in [1.54, 1.807) is 18.2 Å². The van der Waals surface area contributed by atoms with Crippen molar-refractivity contribution in [3.63, 3.8) is 0 Å². The maximum atomic E-state index is 12.9. The summed E-state index contributed by atoms with van der Waals surface area (Å²) in [6, 6.07) is 0. The van der Waals surface area contributed by atoms with Crippen molar-refractivity contribution in [1.29, 1.82) is 0 Å². The van der Waals surface area contributed by atoms with Crippen molar-refractivity contribution < 1.29 is 23.1 Å². The molecule has 0 aromatic rings. The zero-order valence-electron chi connectivity index (χ0n) is 13.0. The van der Waals surface area contributed by atoms with Gasteiger partial charge in [-0.1, -0.05) is 24.3 Å². The topological polar surface area (TPSA) is 75.7 Å². The quantitative estimate of drug-likeness (QED) is 0.447. The van der Waals surface area contributed by atoms with Gasteiger partial charge in [-0.05, 0) is 36.6 Å². The normalized spacial score (nSPS) is 24.8. The van der Waals surface area contributed by atoms with E-state index in [4.69, 9.17) is 22.4 Å². The van der Waals surface area contributed by atoms with Crippen molar-refractivity contribution >= 4 is 23.3 Å². The van der Waals surface area contributed by atoms with Gasteiger partial charge in [0.15, 0.2) is 0 Å². The van der Waals surface area contributed by atoms with Crippen LogP contribution in [0.2, 0.25) is 0 Å². The number of alkyl halides is 4. The lowest BCUT2D eigenvalue weighted by Crippen LogP contribution is -2.22. The lowest BCUT2D eigenvalue weighted by atomic mass is 9.98. The predicted molar refractivity (Wildman–Crippen MR) is 90.2 cm³/mol. The van der Waals surface area contributed by atoms with Crippen LogP contribution in [0.25, 0.3) is 0 Å². The number of aliphatic imine (C=N–C) groups is 1. The number of carboxylic acid groups (broad SMARTS) is 1. The second-order valence-corrected chi connectivity index (χ2v) is 6.12. The van der Waals surface area contributed by atoms with E-state index in [1.165, 1.54) is 12.2 Å². The highest BCUT2D eigenvalue weighted by Crippen LogP contribution is 2.34. The molecule has 0 fully saturated rings. The van der Waals surface area contributed by atoms with Gasteiger partial charge >= 0.3 is 12.1 Å². The lowest BCUT2D eigenvalue weighted by Gasteiger charge is -2.19. The van der Waals surface area contributed by atoms with Crippen LogP contribution in [0.5, 0.6) is 0 Å². The average Bonchev–Trinajstić information content (AvgIpc) is 2.53. The van der Waals surface area contributed by atoms with Gasteiger partial charge in [0.2, 0.25) is 0 Å². The number of allylic oxidation sites excluding steroid dienone is 8.